The normalized spacial score (nSPS) is 12.1. The SMILES string of the molecule is CCCCC(CO)=Nc1nc(N)nc2cccc(F)c12. The highest BCUT2D eigenvalue weighted by atomic mass is 19.1. The molecule has 0 radical (unpaired) electrons. The molecule has 0 saturated heterocycles. The summed E-state index contributed by atoms with van der Waals surface area (Å²) in [6, 6.07) is 4.54. The number of anilines is 1. The quantitative estimate of drug-likeness (QED) is 0.822. The highest BCUT2D eigenvalue weighted by Crippen LogP contribution is 2.26. The number of fused-ring (bicyclic) bond motifs is 1. The molecule has 0 atom stereocenters. The Hall–Kier alpha value is -2.08. The van der Waals surface area contributed by atoms with E-state index >= 15 is 0 Å². The first-order valence-electron chi connectivity index (χ1n) is 6.54. The van der Waals surface area contributed by atoms with Gasteiger partial charge in [0.15, 0.2) is 5.82 Å². The third-order valence-electron chi connectivity index (χ3n) is 2.94. The van der Waals surface area contributed by atoms with E-state index in [1.165, 1.54) is 6.07 Å². The number of halogens is 1. The molecule has 6 heteroatoms. The Labute approximate surface area is 116 Å². The highest BCUT2D eigenvalue weighted by molar-refractivity contribution is 5.94. The second kappa shape index (κ2) is 6.38. The van der Waals surface area contributed by atoms with Gasteiger partial charge in [-0.3, -0.25) is 0 Å². The van der Waals surface area contributed by atoms with E-state index in [0.717, 1.165) is 12.8 Å². The minimum absolute atomic E-state index is 0.0367. The maximum atomic E-state index is 13.9. The van der Waals surface area contributed by atoms with Gasteiger partial charge in [-0.05, 0) is 25.0 Å². The number of hydrogen-bond acceptors (Lipinski definition) is 5. The molecule has 2 aromatic rings. The Bertz CT molecular complexity index is 642. The lowest BCUT2D eigenvalue weighted by Gasteiger charge is -2.06. The van der Waals surface area contributed by atoms with Crippen LogP contribution in [0.25, 0.3) is 10.9 Å². The average molecular weight is 276 g/mol. The largest absolute Gasteiger partial charge is 0.390 e. The Morgan fingerprint density at radius 2 is 2.20 bits per heavy atom. The monoisotopic (exact) mass is 276 g/mol. The van der Waals surface area contributed by atoms with Crippen molar-refractivity contribution < 1.29 is 9.50 Å². The molecular formula is C14H17FN4O. The summed E-state index contributed by atoms with van der Waals surface area (Å²) in [6.07, 6.45) is 2.53. The molecule has 0 bridgehead atoms. The topological polar surface area (TPSA) is 84.4 Å². The van der Waals surface area contributed by atoms with Crippen LogP contribution >= 0.6 is 0 Å². The molecule has 1 aromatic heterocycles. The van der Waals surface area contributed by atoms with Crippen molar-refractivity contribution in [3.63, 3.8) is 0 Å². The van der Waals surface area contributed by atoms with Gasteiger partial charge >= 0.3 is 0 Å². The maximum Gasteiger partial charge on any atom is 0.222 e. The number of nitrogens with two attached hydrogens (primary N) is 1. The summed E-state index contributed by atoms with van der Waals surface area (Å²) < 4.78 is 13.9. The number of nitrogens with zero attached hydrogens (tertiary/aromatic N) is 3. The highest BCUT2D eigenvalue weighted by Gasteiger charge is 2.11. The molecule has 0 aliphatic heterocycles. The van der Waals surface area contributed by atoms with Gasteiger partial charge in [0.05, 0.1) is 17.5 Å². The number of nitrogen functional groups attached to an aromatic ring is 1. The van der Waals surface area contributed by atoms with Gasteiger partial charge in [-0.2, -0.15) is 4.98 Å². The third kappa shape index (κ3) is 3.08. The average Bonchev–Trinajstić information content (AvgIpc) is 2.42. The van der Waals surface area contributed by atoms with Gasteiger partial charge in [0.2, 0.25) is 5.95 Å². The van der Waals surface area contributed by atoms with Crippen LogP contribution in [0.3, 0.4) is 0 Å². The summed E-state index contributed by atoms with van der Waals surface area (Å²) in [5, 5.41) is 9.55. The van der Waals surface area contributed by atoms with Crippen molar-refractivity contribution >= 4 is 28.4 Å². The second-order valence-electron chi connectivity index (χ2n) is 4.48. The summed E-state index contributed by atoms with van der Waals surface area (Å²) in [6.45, 7) is 1.87. The lowest BCUT2D eigenvalue weighted by molar-refractivity contribution is 0.354. The molecule has 0 saturated carbocycles. The number of aliphatic hydroxyl groups excluding tert-OH is 1. The summed E-state index contributed by atoms with van der Waals surface area (Å²) in [7, 11) is 0. The number of aliphatic imine (C=N–C) groups is 1. The molecule has 1 heterocycles. The van der Waals surface area contributed by atoms with Crippen molar-refractivity contribution in [2.24, 2.45) is 4.99 Å². The van der Waals surface area contributed by atoms with Crippen LogP contribution in [0, 0.1) is 5.82 Å². The van der Waals surface area contributed by atoms with Gasteiger partial charge in [0, 0.05) is 5.71 Å². The summed E-state index contributed by atoms with van der Waals surface area (Å²) in [5.74, 6) is -0.241. The van der Waals surface area contributed by atoms with E-state index in [0.29, 0.717) is 17.6 Å². The fraction of sp³-hybridized carbons (Fsp3) is 0.357. The zero-order chi connectivity index (χ0) is 14.5. The van der Waals surface area contributed by atoms with Crippen molar-refractivity contribution in [3.8, 4) is 0 Å². The van der Waals surface area contributed by atoms with Gasteiger partial charge < -0.3 is 10.8 Å². The predicted octanol–water partition coefficient (Wildman–Crippen LogP) is 2.61. The van der Waals surface area contributed by atoms with E-state index in [1.54, 1.807) is 12.1 Å². The first-order chi connectivity index (χ1) is 9.65. The van der Waals surface area contributed by atoms with Crippen LogP contribution in [0.4, 0.5) is 16.2 Å². The van der Waals surface area contributed by atoms with E-state index in [-0.39, 0.29) is 23.8 Å². The molecular weight excluding hydrogens is 259 g/mol. The number of aliphatic hydroxyl groups is 1. The first-order valence-corrected chi connectivity index (χ1v) is 6.54. The molecule has 0 aliphatic carbocycles. The van der Waals surface area contributed by atoms with Gasteiger partial charge in [-0.1, -0.05) is 19.4 Å². The zero-order valence-electron chi connectivity index (χ0n) is 11.3. The van der Waals surface area contributed by atoms with Crippen LogP contribution in [0.1, 0.15) is 26.2 Å². The van der Waals surface area contributed by atoms with Crippen molar-refractivity contribution in [1.29, 1.82) is 0 Å². The minimum atomic E-state index is -0.450. The maximum absolute atomic E-state index is 13.9. The molecule has 5 nitrogen and oxygen atoms in total. The van der Waals surface area contributed by atoms with Crippen molar-refractivity contribution in [2.75, 3.05) is 12.3 Å². The Kier molecular flexibility index (Phi) is 4.57. The molecule has 1 aromatic carbocycles. The number of aromatic nitrogens is 2. The summed E-state index contributed by atoms with van der Waals surface area (Å²) >= 11 is 0. The van der Waals surface area contributed by atoms with E-state index in [1.807, 2.05) is 6.92 Å². The van der Waals surface area contributed by atoms with Crippen LogP contribution < -0.4 is 5.73 Å². The lowest BCUT2D eigenvalue weighted by Crippen LogP contribution is -2.05. The van der Waals surface area contributed by atoms with Crippen molar-refractivity contribution in [2.45, 2.75) is 26.2 Å². The van der Waals surface area contributed by atoms with E-state index in [9.17, 15) is 9.50 Å². The van der Waals surface area contributed by atoms with E-state index in [4.69, 9.17) is 5.73 Å². The molecule has 3 N–H and O–H groups in total. The zero-order valence-corrected chi connectivity index (χ0v) is 11.3. The molecule has 0 amide bonds. The van der Waals surface area contributed by atoms with Crippen molar-refractivity contribution in [3.05, 3.63) is 24.0 Å². The Balaban J connectivity index is 2.55. The number of hydrogen-bond donors (Lipinski definition) is 2. The number of unbranched alkanes of at least 4 members (excludes halogenated alkanes) is 1. The smallest absolute Gasteiger partial charge is 0.222 e. The third-order valence-corrected chi connectivity index (χ3v) is 2.94. The minimum Gasteiger partial charge on any atom is -0.390 e. The summed E-state index contributed by atoms with van der Waals surface area (Å²) in [4.78, 5) is 12.2. The van der Waals surface area contributed by atoms with Crippen LogP contribution in [-0.2, 0) is 0 Å². The fourth-order valence-electron chi connectivity index (χ4n) is 1.92. The lowest BCUT2D eigenvalue weighted by atomic mass is 10.2. The van der Waals surface area contributed by atoms with Crippen molar-refractivity contribution in [1.82, 2.24) is 9.97 Å². The molecule has 0 aliphatic rings. The second-order valence-corrected chi connectivity index (χ2v) is 4.48. The van der Waals surface area contributed by atoms with Crippen LogP contribution in [0.15, 0.2) is 23.2 Å². The van der Waals surface area contributed by atoms with Gasteiger partial charge in [0.25, 0.3) is 0 Å². The predicted molar refractivity (Wildman–Crippen MR) is 77.6 cm³/mol. The molecule has 106 valence electrons. The first kappa shape index (κ1) is 14.3. The number of rotatable bonds is 5. The molecule has 2 rings (SSSR count). The van der Waals surface area contributed by atoms with Gasteiger partial charge in [-0.15, -0.1) is 0 Å². The standard InChI is InChI=1S/C14H17FN4O/c1-2-3-5-9(8-20)17-13-12-10(15)6-4-7-11(12)18-14(16)19-13/h4,6-7,20H,2-3,5,8H2,1H3,(H2,16,18,19). The van der Waals surface area contributed by atoms with Gasteiger partial charge in [-0.25, -0.2) is 14.4 Å². The van der Waals surface area contributed by atoms with Crippen LogP contribution in [0.5, 0.6) is 0 Å². The Morgan fingerprint density at radius 1 is 1.40 bits per heavy atom. The Morgan fingerprint density at radius 3 is 2.90 bits per heavy atom. The van der Waals surface area contributed by atoms with Crippen LogP contribution in [0.2, 0.25) is 0 Å². The molecule has 0 unspecified atom stereocenters. The number of benzene rings is 1. The summed E-state index contributed by atoms with van der Waals surface area (Å²) in [5.41, 5.74) is 6.59. The van der Waals surface area contributed by atoms with E-state index < -0.39 is 5.82 Å². The van der Waals surface area contributed by atoms with Gasteiger partial charge in [0.1, 0.15) is 5.82 Å². The molecule has 0 fully saturated rings. The van der Waals surface area contributed by atoms with E-state index in [2.05, 4.69) is 15.0 Å². The van der Waals surface area contributed by atoms with Crippen LogP contribution in [-0.4, -0.2) is 27.4 Å². The molecule has 20 heavy (non-hydrogen) atoms. The fourth-order valence-corrected chi connectivity index (χ4v) is 1.92. The molecule has 0 spiro atoms.